The van der Waals surface area contributed by atoms with Crippen LogP contribution in [0.5, 0.6) is 11.5 Å². The molecule has 0 atom stereocenters. The van der Waals surface area contributed by atoms with Crippen molar-refractivity contribution in [2.24, 2.45) is 0 Å². The number of benzene rings is 1. The first-order valence-corrected chi connectivity index (χ1v) is 5.46. The van der Waals surface area contributed by atoms with Crippen molar-refractivity contribution < 1.29 is 10.2 Å². The Morgan fingerprint density at radius 2 is 1.69 bits per heavy atom. The van der Waals surface area contributed by atoms with Crippen molar-refractivity contribution >= 4 is 11.8 Å². The Labute approximate surface area is 97.0 Å². The van der Waals surface area contributed by atoms with Gasteiger partial charge in [-0.05, 0) is 42.4 Å². The summed E-state index contributed by atoms with van der Waals surface area (Å²) in [5, 5.41) is 19.3. The highest BCUT2D eigenvalue weighted by molar-refractivity contribution is 7.99. The molecule has 0 radical (unpaired) electrons. The van der Waals surface area contributed by atoms with E-state index in [4.69, 9.17) is 0 Å². The van der Waals surface area contributed by atoms with Gasteiger partial charge in [0.05, 0.1) is 0 Å². The maximum Gasteiger partial charge on any atom is 0.192 e. The summed E-state index contributed by atoms with van der Waals surface area (Å²) >= 11 is 1.34. The molecule has 0 spiro atoms. The summed E-state index contributed by atoms with van der Waals surface area (Å²) in [5.41, 5.74) is 0.868. The van der Waals surface area contributed by atoms with E-state index in [1.165, 1.54) is 23.9 Å². The van der Waals surface area contributed by atoms with E-state index < -0.39 is 0 Å². The summed E-state index contributed by atoms with van der Waals surface area (Å²) in [5.74, 6) is -0.250. The van der Waals surface area contributed by atoms with Crippen LogP contribution < -0.4 is 0 Å². The second-order valence-electron chi connectivity index (χ2n) is 3.24. The first kappa shape index (κ1) is 10.8. The lowest BCUT2D eigenvalue weighted by atomic mass is 10.2. The maximum absolute atomic E-state index is 9.40. The van der Waals surface area contributed by atoms with Gasteiger partial charge in [0.1, 0.15) is 0 Å². The average Bonchev–Trinajstić information content (AvgIpc) is 2.27. The summed E-state index contributed by atoms with van der Waals surface area (Å²) < 4.78 is 0. The third-order valence-electron chi connectivity index (χ3n) is 2.02. The number of hydrogen-bond acceptors (Lipinski definition) is 5. The number of aryl methyl sites for hydroxylation is 1. The van der Waals surface area contributed by atoms with Crippen LogP contribution in [0.15, 0.2) is 40.6 Å². The second-order valence-corrected chi connectivity index (χ2v) is 4.25. The van der Waals surface area contributed by atoms with Gasteiger partial charge in [-0.25, -0.2) is 9.97 Å². The highest BCUT2D eigenvalue weighted by Gasteiger charge is 2.08. The predicted octanol–water partition coefficient (Wildman–Crippen LogP) is 2.35. The van der Waals surface area contributed by atoms with E-state index in [0.29, 0.717) is 5.16 Å². The minimum absolute atomic E-state index is 0.115. The van der Waals surface area contributed by atoms with Crippen molar-refractivity contribution in [1.82, 2.24) is 9.97 Å². The summed E-state index contributed by atoms with van der Waals surface area (Å²) in [6.45, 7) is 1.85. The van der Waals surface area contributed by atoms with Crippen LogP contribution in [0.3, 0.4) is 0 Å². The topological polar surface area (TPSA) is 66.2 Å². The SMILES string of the molecule is Cc1cc(O)c(O)cc1Sc1ncccn1. The third kappa shape index (κ3) is 2.25. The van der Waals surface area contributed by atoms with Crippen LogP contribution in [-0.4, -0.2) is 20.2 Å². The van der Waals surface area contributed by atoms with Crippen molar-refractivity contribution in [2.45, 2.75) is 17.0 Å². The minimum atomic E-state index is -0.135. The van der Waals surface area contributed by atoms with Crippen LogP contribution in [0.2, 0.25) is 0 Å². The normalized spacial score (nSPS) is 10.3. The standard InChI is InChI=1S/C11H10N2O2S/c1-7-5-8(14)9(15)6-10(7)16-11-12-3-2-4-13-11/h2-6,14-15H,1H3. The molecule has 0 saturated heterocycles. The van der Waals surface area contributed by atoms with Gasteiger partial charge in [0.15, 0.2) is 16.7 Å². The summed E-state index contributed by atoms with van der Waals surface area (Å²) in [6.07, 6.45) is 3.32. The van der Waals surface area contributed by atoms with Gasteiger partial charge in [0, 0.05) is 17.3 Å². The molecule has 1 aromatic heterocycles. The van der Waals surface area contributed by atoms with E-state index in [9.17, 15) is 10.2 Å². The van der Waals surface area contributed by atoms with Gasteiger partial charge in [0.2, 0.25) is 0 Å². The molecule has 5 heteroatoms. The first-order valence-electron chi connectivity index (χ1n) is 4.64. The molecule has 0 amide bonds. The Balaban J connectivity index is 2.32. The van der Waals surface area contributed by atoms with Gasteiger partial charge in [-0.1, -0.05) is 0 Å². The molecule has 1 heterocycles. The fraction of sp³-hybridized carbons (Fsp3) is 0.0909. The van der Waals surface area contributed by atoms with Crippen molar-refractivity contribution in [2.75, 3.05) is 0 Å². The lowest BCUT2D eigenvalue weighted by molar-refractivity contribution is 0.402. The largest absolute Gasteiger partial charge is 0.504 e. The van der Waals surface area contributed by atoms with Gasteiger partial charge >= 0.3 is 0 Å². The molecule has 0 bridgehead atoms. The number of rotatable bonds is 2. The lowest BCUT2D eigenvalue weighted by Crippen LogP contribution is -1.85. The molecule has 4 nitrogen and oxygen atoms in total. The zero-order valence-corrected chi connectivity index (χ0v) is 9.40. The average molecular weight is 234 g/mol. The molecule has 2 N–H and O–H groups in total. The van der Waals surface area contributed by atoms with Gasteiger partial charge in [0.25, 0.3) is 0 Å². The quantitative estimate of drug-likeness (QED) is 0.616. The molecule has 16 heavy (non-hydrogen) atoms. The monoisotopic (exact) mass is 234 g/mol. The number of nitrogens with zero attached hydrogens (tertiary/aromatic N) is 2. The highest BCUT2D eigenvalue weighted by atomic mass is 32.2. The molecular weight excluding hydrogens is 224 g/mol. The van der Waals surface area contributed by atoms with Gasteiger partial charge in [-0.2, -0.15) is 0 Å². The van der Waals surface area contributed by atoms with Crippen LogP contribution in [0.1, 0.15) is 5.56 Å². The molecule has 0 aliphatic heterocycles. The summed E-state index contributed by atoms with van der Waals surface area (Å²) in [7, 11) is 0. The number of aromatic nitrogens is 2. The van der Waals surface area contributed by atoms with Crippen molar-refractivity contribution in [3.63, 3.8) is 0 Å². The molecule has 0 saturated carbocycles. The third-order valence-corrected chi connectivity index (χ3v) is 3.07. The molecule has 2 rings (SSSR count). The van der Waals surface area contributed by atoms with Gasteiger partial charge in [-0.3, -0.25) is 0 Å². The van der Waals surface area contributed by atoms with Crippen LogP contribution >= 0.6 is 11.8 Å². The fourth-order valence-electron chi connectivity index (χ4n) is 1.21. The number of phenols is 2. The molecular formula is C11H10N2O2S. The van der Waals surface area contributed by atoms with E-state index in [1.54, 1.807) is 18.5 Å². The van der Waals surface area contributed by atoms with Crippen molar-refractivity contribution in [3.05, 3.63) is 36.2 Å². The molecule has 0 unspecified atom stereocenters. The Kier molecular flexibility index (Phi) is 2.96. The van der Waals surface area contributed by atoms with Gasteiger partial charge < -0.3 is 10.2 Å². The van der Waals surface area contributed by atoms with E-state index >= 15 is 0 Å². The van der Waals surface area contributed by atoms with E-state index in [2.05, 4.69) is 9.97 Å². The maximum atomic E-state index is 9.40. The molecule has 1 aromatic carbocycles. The molecule has 0 fully saturated rings. The fourth-order valence-corrected chi connectivity index (χ4v) is 2.02. The van der Waals surface area contributed by atoms with Crippen molar-refractivity contribution in [3.8, 4) is 11.5 Å². The van der Waals surface area contributed by atoms with E-state index in [-0.39, 0.29) is 11.5 Å². The Hall–Kier alpha value is -1.75. The molecule has 0 aliphatic carbocycles. The Morgan fingerprint density at radius 1 is 1.06 bits per heavy atom. The second kappa shape index (κ2) is 4.40. The van der Waals surface area contributed by atoms with E-state index in [1.807, 2.05) is 6.92 Å². The highest BCUT2D eigenvalue weighted by Crippen LogP contribution is 2.35. The minimum Gasteiger partial charge on any atom is -0.504 e. The van der Waals surface area contributed by atoms with Crippen LogP contribution in [0.25, 0.3) is 0 Å². The summed E-state index contributed by atoms with van der Waals surface area (Å²) in [4.78, 5) is 8.97. The zero-order chi connectivity index (χ0) is 11.5. The van der Waals surface area contributed by atoms with Crippen LogP contribution in [0.4, 0.5) is 0 Å². The zero-order valence-electron chi connectivity index (χ0n) is 8.58. The predicted molar refractivity (Wildman–Crippen MR) is 60.7 cm³/mol. The Bertz CT molecular complexity index is 503. The van der Waals surface area contributed by atoms with Gasteiger partial charge in [-0.15, -0.1) is 0 Å². The van der Waals surface area contributed by atoms with Crippen LogP contribution in [-0.2, 0) is 0 Å². The number of aromatic hydroxyl groups is 2. The molecule has 2 aromatic rings. The molecule has 0 aliphatic rings. The smallest absolute Gasteiger partial charge is 0.192 e. The Morgan fingerprint density at radius 3 is 2.38 bits per heavy atom. The first-order chi connectivity index (χ1) is 7.66. The summed E-state index contributed by atoms with van der Waals surface area (Å²) in [6, 6.07) is 4.76. The lowest BCUT2D eigenvalue weighted by Gasteiger charge is -2.06. The van der Waals surface area contributed by atoms with E-state index in [0.717, 1.165) is 10.5 Å². The number of hydrogen-bond donors (Lipinski definition) is 2. The van der Waals surface area contributed by atoms with Crippen LogP contribution in [0, 0.1) is 6.92 Å². The molecule has 82 valence electrons. The number of phenolic OH excluding ortho intramolecular Hbond substituents is 2. The van der Waals surface area contributed by atoms with Crippen molar-refractivity contribution in [1.29, 1.82) is 0 Å².